The minimum atomic E-state index is -3.61. The van der Waals surface area contributed by atoms with E-state index >= 15 is 0 Å². The molecule has 0 N–H and O–H groups in total. The van der Waals surface area contributed by atoms with Crippen LogP contribution in [0, 0.1) is 5.92 Å². The number of para-hydroxylation sites is 1. The third-order valence-electron chi connectivity index (χ3n) is 6.22. The minimum Gasteiger partial charge on any atom is -0.283 e. The van der Waals surface area contributed by atoms with Gasteiger partial charge in [0, 0.05) is 23.9 Å². The zero-order valence-electron chi connectivity index (χ0n) is 19.5. The molecule has 6 nitrogen and oxygen atoms in total. The van der Waals surface area contributed by atoms with Gasteiger partial charge in [0.2, 0.25) is 5.91 Å². The third-order valence-corrected chi connectivity index (χ3v) is 11.6. The first-order valence-electron chi connectivity index (χ1n) is 11.4. The highest BCUT2D eigenvalue weighted by Crippen LogP contribution is 2.36. The van der Waals surface area contributed by atoms with E-state index in [2.05, 4.69) is 0 Å². The van der Waals surface area contributed by atoms with Gasteiger partial charge in [-0.2, -0.15) is 4.31 Å². The van der Waals surface area contributed by atoms with Crippen LogP contribution >= 0.6 is 46.0 Å². The Morgan fingerprint density at radius 1 is 1.08 bits per heavy atom. The number of piperidine rings is 1. The fourth-order valence-electron chi connectivity index (χ4n) is 4.32. The highest BCUT2D eigenvalue weighted by molar-refractivity contribution is 7.98. The van der Waals surface area contributed by atoms with Crippen LogP contribution in [-0.2, 0) is 21.4 Å². The molecule has 1 amide bonds. The normalized spacial score (nSPS) is 15.4. The zero-order chi connectivity index (χ0) is 25.3. The molecule has 36 heavy (non-hydrogen) atoms. The molecule has 3 heterocycles. The Kier molecular flexibility index (Phi) is 7.71. The molecule has 4 aromatic rings. The average molecular weight is 578 g/mol. The van der Waals surface area contributed by atoms with Gasteiger partial charge in [0.05, 0.1) is 21.1 Å². The number of benzene rings is 2. The number of thioether (sulfide) groups is 1. The maximum Gasteiger partial charge on any atom is 0.252 e. The van der Waals surface area contributed by atoms with Crippen LogP contribution in [-0.4, -0.2) is 43.0 Å². The Bertz CT molecular complexity index is 1480. The number of thiazole rings is 1. The molecule has 11 heteroatoms. The summed E-state index contributed by atoms with van der Waals surface area (Å²) in [5, 5.41) is 0.670. The molecule has 2 aromatic heterocycles. The van der Waals surface area contributed by atoms with Crippen molar-refractivity contribution < 1.29 is 13.2 Å². The van der Waals surface area contributed by atoms with Crippen LogP contribution in [0.3, 0.4) is 0 Å². The summed E-state index contributed by atoms with van der Waals surface area (Å²) in [7, 11) is -3.61. The number of hydrogen-bond donors (Lipinski definition) is 0. The third kappa shape index (κ3) is 5.20. The van der Waals surface area contributed by atoms with Crippen LogP contribution in [0.4, 0.5) is 5.13 Å². The summed E-state index contributed by atoms with van der Waals surface area (Å²) in [5.41, 5.74) is 1.93. The van der Waals surface area contributed by atoms with Crippen LogP contribution in [0.2, 0.25) is 4.34 Å². The summed E-state index contributed by atoms with van der Waals surface area (Å²) < 4.78 is 29.2. The van der Waals surface area contributed by atoms with Crippen molar-refractivity contribution in [3.8, 4) is 0 Å². The lowest BCUT2D eigenvalue weighted by molar-refractivity contribution is -0.123. The monoisotopic (exact) mass is 577 g/mol. The molecule has 0 radical (unpaired) electrons. The molecule has 188 valence electrons. The lowest BCUT2D eigenvalue weighted by Crippen LogP contribution is -2.44. The Hall–Kier alpha value is -1.95. The van der Waals surface area contributed by atoms with E-state index in [1.165, 1.54) is 21.7 Å². The van der Waals surface area contributed by atoms with E-state index in [0.717, 1.165) is 32.0 Å². The topological polar surface area (TPSA) is 70.6 Å². The standard InChI is InChI=1S/C25H24ClN3O3S4/c1-33-19-8-5-9-20-23(19)27-25(34-20)29(16-17-6-3-2-4-7-17)24(30)18-12-14-28(15-13-18)36(31,32)22-11-10-21(26)35-22/h2-11,18H,12-16H2,1H3. The molecule has 0 spiro atoms. The summed E-state index contributed by atoms with van der Waals surface area (Å²) in [6.45, 7) is 1.01. The highest BCUT2D eigenvalue weighted by Gasteiger charge is 2.35. The van der Waals surface area contributed by atoms with E-state index in [4.69, 9.17) is 16.6 Å². The van der Waals surface area contributed by atoms with E-state index in [1.54, 1.807) is 22.7 Å². The van der Waals surface area contributed by atoms with Gasteiger partial charge in [-0.3, -0.25) is 9.69 Å². The lowest BCUT2D eigenvalue weighted by Gasteiger charge is -2.32. The Morgan fingerprint density at radius 3 is 2.50 bits per heavy atom. The summed E-state index contributed by atoms with van der Waals surface area (Å²) in [6, 6.07) is 19.1. The van der Waals surface area contributed by atoms with Gasteiger partial charge in [-0.15, -0.1) is 23.1 Å². The van der Waals surface area contributed by atoms with Gasteiger partial charge in [0.15, 0.2) is 5.13 Å². The Morgan fingerprint density at radius 2 is 1.83 bits per heavy atom. The maximum atomic E-state index is 13.9. The zero-order valence-corrected chi connectivity index (χ0v) is 23.5. The molecule has 1 saturated heterocycles. The quantitative estimate of drug-likeness (QED) is 0.239. The number of sulfonamides is 1. The number of aromatic nitrogens is 1. The number of halogens is 1. The van der Waals surface area contributed by atoms with Crippen molar-refractivity contribution in [2.24, 2.45) is 5.92 Å². The van der Waals surface area contributed by atoms with Crippen LogP contribution in [0.15, 0.2) is 69.8 Å². The number of nitrogens with zero attached hydrogens (tertiary/aromatic N) is 3. The van der Waals surface area contributed by atoms with E-state index in [1.807, 2.05) is 54.8 Å². The minimum absolute atomic E-state index is 0.0140. The first kappa shape index (κ1) is 25.7. The number of carbonyl (C=O) groups is 1. The van der Waals surface area contributed by atoms with Crippen molar-refractivity contribution in [2.75, 3.05) is 24.2 Å². The predicted octanol–water partition coefficient (Wildman–Crippen LogP) is 6.37. The van der Waals surface area contributed by atoms with Crippen LogP contribution in [0.5, 0.6) is 0 Å². The highest BCUT2D eigenvalue weighted by atomic mass is 35.5. The van der Waals surface area contributed by atoms with Crippen molar-refractivity contribution >= 4 is 77.3 Å². The number of hydrogen-bond acceptors (Lipinski definition) is 7. The molecule has 1 aliphatic heterocycles. The second kappa shape index (κ2) is 10.8. The van der Waals surface area contributed by atoms with Gasteiger partial charge in [-0.05, 0) is 48.9 Å². The van der Waals surface area contributed by atoms with E-state index < -0.39 is 10.0 Å². The van der Waals surface area contributed by atoms with Gasteiger partial charge >= 0.3 is 0 Å². The lowest BCUT2D eigenvalue weighted by atomic mass is 9.96. The molecule has 0 unspecified atom stereocenters. The molecule has 0 atom stereocenters. The number of thiophene rings is 1. The predicted molar refractivity (Wildman–Crippen MR) is 150 cm³/mol. The van der Waals surface area contributed by atoms with E-state index in [9.17, 15) is 13.2 Å². The number of rotatable bonds is 7. The molecule has 0 bridgehead atoms. The smallest absolute Gasteiger partial charge is 0.252 e. The summed E-state index contributed by atoms with van der Waals surface area (Å²) in [6.07, 6.45) is 2.94. The van der Waals surface area contributed by atoms with E-state index in [-0.39, 0.29) is 16.0 Å². The second-order valence-electron chi connectivity index (χ2n) is 8.45. The van der Waals surface area contributed by atoms with Gasteiger partial charge in [-0.25, -0.2) is 13.4 Å². The number of carbonyl (C=O) groups excluding carboxylic acids is 1. The first-order valence-corrected chi connectivity index (χ1v) is 16.1. The van der Waals surface area contributed by atoms with Crippen molar-refractivity contribution in [3.63, 3.8) is 0 Å². The maximum absolute atomic E-state index is 13.9. The molecule has 0 aliphatic carbocycles. The van der Waals surface area contributed by atoms with Gasteiger partial charge < -0.3 is 0 Å². The molecular weight excluding hydrogens is 554 g/mol. The Balaban J connectivity index is 1.39. The van der Waals surface area contributed by atoms with Gasteiger partial charge in [0.25, 0.3) is 10.0 Å². The fraction of sp³-hybridized carbons (Fsp3) is 0.280. The second-order valence-corrected chi connectivity index (χ2v) is 14.2. The molecule has 2 aromatic carbocycles. The molecule has 0 saturated carbocycles. The number of amides is 1. The molecular formula is C25H24ClN3O3S4. The van der Waals surface area contributed by atoms with E-state index in [0.29, 0.717) is 41.9 Å². The summed E-state index contributed by atoms with van der Waals surface area (Å²) in [5.74, 6) is -0.293. The molecule has 1 aliphatic rings. The van der Waals surface area contributed by atoms with Gasteiger partial charge in [0.1, 0.15) is 4.21 Å². The summed E-state index contributed by atoms with van der Waals surface area (Å²) >= 11 is 10.2. The van der Waals surface area contributed by atoms with Crippen LogP contribution in [0.1, 0.15) is 18.4 Å². The van der Waals surface area contributed by atoms with Crippen molar-refractivity contribution in [1.29, 1.82) is 0 Å². The summed E-state index contributed by atoms with van der Waals surface area (Å²) in [4.78, 5) is 21.6. The Labute approximate surface area is 228 Å². The molecule has 1 fully saturated rings. The number of anilines is 1. The first-order chi connectivity index (χ1) is 17.4. The van der Waals surface area contributed by atoms with Crippen molar-refractivity contribution in [3.05, 3.63) is 70.6 Å². The van der Waals surface area contributed by atoms with Crippen LogP contribution in [0.25, 0.3) is 10.2 Å². The SMILES string of the molecule is CSc1cccc2sc(N(Cc3ccccc3)C(=O)C3CCN(S(=O)(=O)c4ccc(Cl)s4)CC3)nc12. The fourth-order valence-corrected chi connectivity index (χ4v) is 9.06. The van der Waals surface area contributed by atoms with Gasteiger partial charge in [-0.1, -0.05) is 59.3 Å². The number of fused-ring (bicyclic) bond motifs is 1. The molecule has 5 rings (SSSR count). The van der Waals surface area contributed by atoms with Crippen LogP contribution < -0.4 is 4.90 Å². The average Bonchev–Trinajstić information content (AvgIpc) is 3.54. The largest absolute Gasteiger partial charge is 0.283 e. The van der Waals surface area contributed by atoms with Crippen molar-refractivity contribution in [1.82, 2.24) is 9.29 Å². The van der Waals surface area contributed by atoms with Crippen molar-refractivity contribution in [2.45, 2.75) is 28.5 Å².